The Hall–Kier alpha value is -1.43. The molecule has 0 bridgehead atoms. The van der Waals surface area contributed by atoms with Crippen LogP contribution in [0, 0.1) is 0 Å². The summed E-state index contributed by atoms with van der Waals surface area (Å²) in [6, 6.07) is -0.584. The lowest BCUT2D eigenvalue weighted by Crippen LogP contribution is -2.64. The summed E-state index contributed by atoms with van der Waals surface area (Å²) in [7, 11) is 0. The molecule has 2 rings (SSSR count). The van der Waals surface area contributed by atoms with Crippen molar-refractivity contribution >= 4 is 17.7 Å². The molecule has 2 N–H and O–H groups in total. The van der Waals surface area contributed by atoms with Crippen LogP contribution in [0.4, 0.5) is 0 Å². The first-order valence-electron chi connectivity index (χ1n) is 5.84. The van der Waals surface area contributed by atoms with Gasteiger partial charge in [-0.25, -0.2) is 0 Å². The van der Waals surface area contributed by atoms with Gasteiger partial charge < -0.3 is 10.2 Å². The average Bonchev–Trinajstić information content (AvgIpc) is 2.71. The number of amides is 3. The van der Waals surface area contributed by atoms with Gasteiger partial charge in [-0.1, -0.05) is 0 Å². The van der Waals surface area contributed by atoms with Crippen molar-refractivity contribution < 1.29 is 14.4 Å². The first-order valence-corrected chi connectivity index (χ1v) is 5.84. The highest BCUT2D eigenvalue weighted by atomic mass is 16.2. The number of nitrogens with zero attached hydrogens (tertiary/aromatic N) is 1. The van der Waals surface area contributed by atoms with E-state index < -0.39 is 23.4 Å². The number of hydrogen-bond acceptors (Lipinski definition) is 4. The van der Waals surface area contributed by atoms with Gasteiger partial charge in [0.05, 0.1) is 5.54 Å². The zero-order chi connectivity index (χ0) is 12.6. The molecule has 0 radical (unpaired) electrons. The van der Waals surface area contributed by atoms with E-state index in [0.717, 1.165) is 19.4 Å². The smallest absolute Gasteiger partial charge is 0.249 e. The van der Waals surface area contributed by atoms with E-state index in [-0.39, 0.29) is 12.5 Å². The lowest BCUT2D eigenvalue weighted by molar-refractivity contribution is -0.152. The summed E-state index contributed by atoms with van der Waals surface area (Å²) < 4.78 is 0. The summed E-state index contributed by atoms with van der Waals surface area (Å²) in [5.74, 6) is -0.982. The maximum absolute atomic E-state index is 12.4. The molecule has 0 aromatic rings. The lowest BCUT2D eigenvalue weighted by atomic mass is 9.97. The molecule has 3 amide bonds. The van der Waals surface area contributed by atoms with E-state index in [1.807, 2.05) is 6.92 Å². The molecule has 0 aliphatic carbocycles. The fourth-order valence-electron chi connectivity index (χ4n) is 2.36. The molecular formula is C11H17N3O3. The standard InChI is InChI=1S/C11H17N3O3/c1-7-9(16)13-8(15)6-14(7)10(17)11(2)4-3-5-12-11/h7,12H,3-6H2,1-2H3,(H,13,15,16). The number of carbonyl (C=O) groups is 3. The minimum Gasteiger partial charge on any atom is -0.320 e. The second-order valence-corrected chi connectivity index (χ2v) is 4.88. The van der Waals surface area contributed by atoms with Gasteiger partial charge in [-0.15, -0.1) is 0 Å². The number of piperazine rings is 1. The topological polar surface area (TPSA) is 78.5 Å². The fourth-order valence-corrected chi connectivity index (χ4v) is 2.36. The molecule has 2 atom stereocenters. The average molecular weight is 239 g/mol. The maximum atomic E-state index is 12.4. The van der Waals surface area contributed by atoms with Gasteiger partial charge in [0, 0.05) is 0 Å². The Kier molecular flexibility index (Phi) is 2.91. The van der Waals surface area contributed by atoms with Crippen molar-refractivity contribution in [2.75, 3.05) is 13.1 Å². The van der Waals surface area contributed by atoms with Crippen molar-refractivity contribution in [1.29, 1.82) is 0 Å². The van der Waals surface area contributed by atoms with E-state index in [0.29, 0.717) is 0 Å². The summed E-state index contributed by atoms with van der Waals surface area (Å²) in [6.07, 6.45) is 1.68. The SMILES string of the molecule is CC1C(=O)NC(=O)CN1C(=O)C1(C)CCCN1. The molecule has 17 heavy (non-hydrogen) atoms. The third kappa shape index (κ3) is 2.04. The summed E-state index contributed by atoms with van der Waals surface area (Å²) in [6.45, 7) is 4.22. The van der Waals surface area contributed by atoms with Crippen LogP contribution >= 0.6 is 0 Å². The van der Waals surface area contributed by atoms with Crippen LogP contribution < -0.4 is 10.6 Å². The zero-order valence-corrected chi connectivity index (χ0v) is 10.1. The van der Waals surface area contributed by atoms with Crippen LogP contribution in [0.15, 0.2) is 0 Å². The first kappa shape index (κ1) is 12.0. The Bertz CT molecular complexity index is 374. The highest BCUT2D eigenvalue weighted by Crippen LogP contribution is 2.23. The molecule has 2 aliphatic heterocycles. The Labute approximate surface area is 99.7 Å². The second kappa shape index (κ2) is 4.10. The van der Waals surface area contributed by atoms with Crippen molar-refractivity contribution in [3.63, 3.8) is 0 Å². The van der Waals surface area contributed by atoms with Crippen LogP contribution in [0.3, 0.4) is 0 Å². The third-order valence-electron chi connectivity index (χ3n) is 3.53. The molecule has 0 aromatic carbocycles. The van der Waals surface area contributed by atoms with E-state index in [4.69, 9.17) is 0 Å². The van der Waals surface area contributed by atoms with Gasteiger partial charge in [0.25, 0.3) is 0 Å². The van der Waals surface area contributed by atoms with E-state index in [2.05, 4.69) is 10.6 Å². The Morgan fingerprint density at radius 2 is 2.18 bits per heavy atom. The minimum absolute atomic E-state index is 0.0387. The number of rotatable bonds is 1. The number of nitrogens with one attached hydrogen (secondary N) is 2. The van der Waals surface area contributed by atoms with E-state index >= 15 is 0 Å². The molecular weight excluding hydrogens is 222 g/mol. The summed E-state index contributed by atoms with van der Waals surface area (Å²) in [5.41, 5.74) is -0.633. The van der Waals surface area contributed by atoms with Crippen LogP contribution in [0.25, 0.3) is 0 Å². The third-order valence-corrected chi connectivity index (χ3v) is 3.53. The molecule has 0 spiro atoms. The monoisotopic (exact) mass is 239 g/mol. The molecule has 2 unspecified atom stereocenters. The normalized spacial score (nSPS) is 33.8. The Morgan fingerprint density at radius 3 is 2.76 bits per heavy atom. The van der Waals surface area contributed by atoms with Crippen LogP contribution in [-0.4, -0.2) is 47.3 Å². The fraction of sp³-hybridized carbons (Fsp3) is 0.727. The number of hydrogen-bond donors (Lipinski definition) is 2. The van der Waals surface area contributed by atoms with Gasteiger partial charge in [-0.05, 0) is 33.2 Å². The van der Waals surface area contributed by atoms with Crippen molar-refractivity contribution in [1.82, 2.24) is 15.5 Å². The molecule has 0 saturated carbocycles. The number of imide groups is 1. The van der Waals surface area contributed by atoms with Crippen molar-refractivity contribution in [2.24, 2.45) is 0 Å². The van der Waals surface area contributed by atoms with Gasteiger partial charge >= 0.3 is 0 Å². The zero-order valence-electron chi connectivity index (χ0n) is 10.1. The van der Waals surface area contributed by atoms with Crippen molar-refractivity contribution in [3.05, 3.63) is 0 Å². The largest absolute Gasteiger partial charge is 0.320 e. The summed E-state index contributed by atoms with van der Waals surface area (Å²) >= 11 is 0. The van der Waals surface area contributed by atoms with Crippen molar-refractivity contribution in [3.8, 4) is 0 Å². The summed E-state index contributed by atoms with van der Waals surface area (Å²) in [4.78, 5) is 36.5. The van der Waals surface area contributed by atoms with E-state index in [1.54, 1.807) is 6.92 Å². The highest BCUT2D eigenvalue weighted by Gasteiger charge is 2.43. The summed E-state index contributed by atoms with van der Waals surface area (Å²) in [5, 5.41) is 5.37. The van der Waals surface area contributed by atoms with Gasteiger partial charge in [0.15, 0.2) is 0 Å². The quantitative estimate of drug-likeness (QED) is 0.575. The maximum Gasteiger partial charge on any atom is 0.249 e. The Balaban J connectivity index is 2.17. The van der Waals surface area contributed by atoms with Crippen LogP contribution in [0.1, 0.15) is 26.7 Å². The van der Waals surface area contributed by atoms with Gasteiger partial charge in [0.2, 0.25) is 17.7 Å². The molecule has 6 nitrogen and oxygen atoms in total. The number of carbonyl (C=O) groups excluding carboxylic acids is 3. The first-order chi connectivity index (χ1) is 7.94. The lowest BCUT2D eigenvalue weighted by Gasteiger charge is -2.37. The van der Waals surface area contributed by atoms with E-state index in [1.165, 1.54) is 4.90 Å². The molecule has 94 valence electrons. The Morgan fingerprint density at radius 1 is 1.47 bits per heavy atom. The van der Waals surface area contributed by atoms with Crippen molar-refractivity contribution in [2.45, 2.75) is 38.3 Å². The molecule has 0 aromatic heterocycles. The molecule has 2 fully saturated rings. The van der Waals surface area contributed by atoms with Crippen LogP contribution in [0.5, 0.6) is 0 Å². The minimum atomic E-state index is -0.633. The predicted octanol–water partition coefficient (Wildman–Crippen LogP) is -0.998. The second-order valence-electron chi connectivity index (χ2n) is 4.88. The molecule has 2 heterocycles. The molecule has 6 heteroatoms. The molecule has 2 aliphatic rings. The van der Waals surface area contributed by atoms with E-state index in [9.17, 15) is 14.4 Å². The molecule has 2 saturated heterocycles. The van der Waals surface area contributed by atoms with Crippen LogP contribution in [0.2, 0.25) is 0 Å². The van der Waals surface area contributed by atoms with Crippen LogP contribution in [-0.2, 0) is 14.4 Å². The van der Waals surface area contributed by atoms with Gasteiger partial charge in [-0.3, -0.25) is 19.7 Å². The van der Waals surface area contributed by atoms with Gasteiger partial charge in [0.1, 0.15) is 12.6 Å². The highest BCUT2D eigenvalue weighted by molar-refractivity contribution is 6.05. The predicted molar refractivity (Wildman–Crippen MR) is 60.0 cm³/mol. The van der Waals surface area contributed by atoms with Gasteiger partial charge in [-0.2, -0.15) is 0 Å².